The van der Waals surface area contributed by atoms with Crippen LogP contribution in [-0.2, 0) is 36.9 Å². The van der Waals surface area contributed by atoms with Gasteiger partial charge in [-0.05, 0) is 12.8 Å². The second kappa shape index (κ2) is 21.9. The maximum Gasteiger partial charge on any atom is 0.331 e. The van der Waals surface area contributed by atoms with Crippen molar-refractivity contribution in [2.45, 2.75) is 116 Å². The molecule has 0 unspecified atom stereocenters. The number of carboxylic acid groups (broad SMARTS) is 2. The number of unbranched alkanes of at least 4 members (excludes halogenated alkanes) is 15. The van der Waals surface area contributed by atoms with Crippen molar-refractivity contribution in [2.75, 3.05) is 0 Å². The third-order valence-corrected chi connectivity index (χ3v) is 4.87. The number of carbonyl (C=O) groups is 2. The Balaban J connectivity index is 0. The monoisotopic (exact) mass is 482 g/mol. The van der Waals surface area contributed by atoms with Crippen molar-refractivity contribution in [3.8, 4) is 0 Å². The van der Waals surface area contributed by atoms with Crippen molar-refractivity contribution in [3.63, 3.8) is 0 Å². The van der Waals surface area contributed by atoms with E-state index in [-0.39, 0.29) is 32.9 Å². The SMILES string of the molecule is CCCCCCCCCCCCCCCCCC/C(=C\C(=O)O)C(=O)O.[Cd]. The summed E-state index contributed by atoms with van der Waals surface area (Å²) in [5.74, 6) is -2.30. The van der Waals surface area contributed by atoms with Crippen molar-refractivity contribution in [3.05, 3.63) is 11.6 Å². The van der Waals surface area contributed by atoms with Gasteiger partial charge in [0.2, 0.25) is 0 Å². The van der Waals surface area contributed by atoms with Gasteiger partial charge in [0.05, 0.1) is 0 Å². The maximum absolute atomic E-state index is 10.9. The van der Waals surface area contributed by atoms with Crippen molar-refractivity contribution >= 4 is 11.9 Å². The number of carboxylic acids is 2. The molecular formula is C22H40CdO4. The van der Waals surface area contributed by atoms with E-state index in [2.05, 4.69) is 6.92 Å². The Bertz CT molecular complexity index is 394. The Morgan fingerprint density at radius 2 is 0.963 bits per heavy atom. The Labute approximate surface area is 186 Å². The van der Waals surface area contributed by atoms with E-state index in [4.69, 9.17) is 10.2 Å². The average Bonchev–Trinajstić information content (AvgIpc) is 2.59. The van der Waals surface area contributed by atoms with Gasteiger partial charge in [0.15, 0.2) is 0 Å². The van der Waals surface area contributed by atoms with E-state index in [1.807, 2.05) is 0 Å². The van der Waals surface area contributed by atoms with Gasteiger partial charge in [0.1, 0.15) is 0 Å². The standard InChI is InChI=1S/C22H40O4.Cd/c1-2-3-4-5-6-7-8-9-10-11-12-13-14-15-16-17-18-20(22(25)26)19-21(23)24;/h19H,2-18H2,1H3,(H,23,24)(H,25,26);/b20-19+;. The minimum absolute atomic E-state index is 0. The third-order valence-electron chi connectivity index (χ3n) is 4.87. The molecule has 5 heteroatoms. The summed E-state index contributed by atoms with van der Waals surface area (Å²) in [4.78, 5) is 21.4. The molecule has 0 aromatic carbocycles. The minimum Gasteiger partial charge on any atom is -0.478 e. The summed E-state index contributed by atoms with van der Waals surface area (Å²) >= 11 is 0. The molecule has 0 aromatic heterocycles. The summed E-state index contributed by atoms with van der Waals surface area (Å²) in [6, 6.07) is 0. The fourth-order valence-corrected chi connectivity index (χ4v) is 3.25. The van der Waals surface area contributed by atoms with Crippen LogP contribution < -0.4 is 0 Å². The zero-order chi connectivity index (χ0) is 19.5. The molecule has 4 nitrogen and oxygen atoms in total. The fourth-order valence-electron chi connectivity index (χ4n) is 3.25. The quantitative estimate of drug-likeness (QED) is 0.122. The molecule has 154 valence electrons. The molecule has 0 saturated heterocycles. The summed E-state index contributed by atoms with van der Waals surface area (Å²) < 4.78 is 0. The van der Waals surface area contributed by atoms with Crippen molar-refractivity contribution < 1.29 is 47.1 Å². The van der Waals surface area contributed by atoms with Gasteiger partial charge in [0.25, 0.3) is 0 Å². The molecule has 0 aliphatic carbocycles. The van der Waals surface area contributed by atoms with E-state index in [9.17, 15) is 9.59 Å². The molecule has 0 amide bonds. The molecule has 0 atom stereocenters. The maximum atomic E-state index is 10.9. The van der Waals surface area contributed by atoms with Gasteiger partial charge in [-0.15, -0.1) is 0 Å². The summed E-state index contributed by atoms with van der Waals surface area (Å²) in [6.45, 7) is 2.26. The molecular weight excluding hydrogens is 441 g/mol. The van der Waals surface area contributed by atoms with Crippen LogP contribution in [0, 0.1) is 0 Å². The molecule has 27 heavy (non-hydrogen) atoms. The fraction of sp³-hybridized carbons (Fsp3) is 0.818. The Kier molecular flexibility index (Phi) is 23.4. The first kappa shape index (κ1) is 28.8. The molecule has 2 N–H and O–H groups in total. The molecule has 0 radical (unpaired) electrons. The first-order chi connectivity index (χ1) is 12.6. The molecule has 0 heterocycles. The van der Waals surface area contributed by atoms with Crippen LogP contribution in [0.4, 0.5) is 0 Å². The second-order valence-corrected chi connectivity index (χ2v) is 7.37. The van der Waals surface area contributed by atoms with Gasteiger partial charge in [-0.25, -0.2) is 9.59 Å². The number of rotatable bonds is 19. The van der Waals surface area contributed by atoms with Crippen molar-refractivity contribution in [2.24, 2.45) is 0 Å². The van der Waals surface area contributed by atoms with Gasteiger partial charge in [-0.1, -0.05) is 103 Å². The Hall–Kier alpha value is -0.398. The van der Waals surface area contributed by atoms with Crippen LogP contribution in [0.5, 0.6) is 0 Å². The van der Waals surface area contributed by atoms with Gasteiger partial charge < -0.3 is 10.2 Å². The summed E-state index contributed by atoms with van der Waals surface area (Å²) in [5.41, 5.74) is 0.00265. The molecule has 0 aromatic rings. The van der Waals surface area contributed by atoms with Crippen LogP contribution in [-0.4, -0.2) is 22.2 Å². The Morgan fingerprint density at radius 3 is 1.26 bits per heavy atom. The third kappa shape index (κ3) is 21.8. The predicted molar refractivity (Wildman–Crippen MR) is 108 cm³/mol. The summed E-state index contributed by atoms with van der Waals surface area (Å²) in [7, 11) is 0. The van der Waals surface area contributed by atoms with Crippen LogP contribution in [0.1, 0.15) is 116 Å². The van der Waals surface area contributed by atoms with Gasteiger partial charge in [-0.3, -0.25) is 0 Å². The van der Waals surface area contributed by atoms with E-state index in [0.29, 0.717) is 6.42 Å². The largest absolute Gasteiger partial charge is 0.478 e. The molecule has 0 saturated carbocycles. The molecule has 0 rings (SSSR count). The normalized spacial score (nSPS) is 11.2. The molecule has 0 spiro atoms. The smallest absolute Gasteiger partial charge is 0.331 e. The van der Waals surface area contributed by atoms with E-state index in [1.165, 1.54) is 83.5 Å². The number of aliphatic carboxylic acids is 2. The second-order valence-electron chi connectivity index (χ2n) is 7.37. The number of hydrogen-bond acceptors (Lipinski definition) is 2. The Morgan fingerprint density at radius 1 is 0.630 bits per heavy atom. The van der Waals surface area contributed by atoms with Gasteiger partial charge in [0, 0.05) is 38.9 Å². The van der Waals surface area contributed by atoms with Crippen molar-refractivity contribution in [1.82, 2.24) is 0 Å². The van der Waals surface area contributed by atoms with Crippen LogP contribution in [0.3, 0.4) is 0 Å². The van der Waals surface area contributed by atoms with Crippen molar-refractivity contribution in [1.29, 1.82) is 0 Å². The molecule has 0 bridgehead atoms. The van der Waals surface area contributed by atoms with E-state index < -0.39 is 11.9 Å². The molecule has 0 aliphatic heterocycles. The minimum atomic E-state index is -1.18. The average molecular weight is 481 g/mol. The van der Waals surface area contributed by atoms with Gasteiger partial charge in [-0.2, -0.15) is 0 Å². The van der Waals surface area contributed by atoms with Crippen LogP contribution in [0.2, 0.25) is 0 Å². The predicted octanol–water partition coefficient (Wildman–Crippen LogP) is 6.73. The zero-order valence-corrected chi connectivity index (χ0v) is 21.6. The summed E-state index contributed by atoms with van der Waals surface area (Å²) in [6.07, 6.45) is 21.6. The van der Waals surface area contributed by atoms with E-state index in [0.717, 1.165) is 25.3 Å². The summed E-state index contributed by atoms with van der Waals surface area (Å²) in [5, 5.41) is 17.5. The zero-order valence-electron chi connectivity index (χ0n) is 17.5. The van der Waals surface area contributed by atoms with Crippen LogP contribution >= 0.6 is 0 Å². The number of hydrogen-bond donors (Lipinski definition) is 2. The van der Waals surface area contributed by atoms with E-state index in [1.54, 1.807) is 0 Å². The van der Waals surface area contributed by atoms with Crippen LogP contribution in [0.25, 0.3) is 0 Å². The molecule has 0 fully saturated rings. The first-order valence-corrected chi connectivity index (χ1v) is 10.7. The van der Waals surface area contributed by atoms with Crippen LogP contribution in [0.15, 0.2) is 11.6 Å². The molecule has 0 aliphatic rings. The topological polar surface area (TPSA) is 74.6 Å². The first-order valence-electron chi connectivity index (χ1n) is 10.7. The van der Waals surface area contributed by atoms with E-state index >= 15 is 0 Å². The van der Waals surface area contributed by atoms with Gasteiger partial charge >= 0.3 is 11.9 Å².